The Bertz CT molecular complexity index is 504. The van der Waals surface area contributed by atoms with Crippen molar-refractivity contribution in [1.82, 2.24) is 0 Å². The van der Waals surface area contributed by atoms with Crippen molar-refractivity contribution in [3.8, 4) is 0 Å². The third kappa shape index (κ3) is 9.12. The van der Waals surface area contributed by atoms with Crippen molar-refractivity contribution in [1.29, 1.82) is 0 Å². The SMILES string of the molecule is CCCC(=O)C[S+](C)C.Cc1ccc(S(=O)(=O)[O-])cc1. The van der Waals surface area contributed by atoms with E-state index in [0.29, 0.717) is 16.7 Å². The van der Waals surface area contributed by atoms with Crippen LogP contribution >= 0.6 is 0 Å². The lowest BCUT2D eigenvalue weighted by atomic mass is 10.2. The lowest BCUT2D eigenvalue weighted by molar-refractivity contribution is -0.116. The molecule has 0 atom stereocenters. The van der Waals surface area contributed by atoms with Gasteiger partial charge >= 0.3 is 0 Å². The highest BCUT2D eigenvalue weighted by Crippen LogP contribution is 2.08. The molecule has 20 heavy (non-hydrogen) atoms. The topological polar surface area (TPSA) is 74.3 Å². The Hall–Kier alpha value is -0.850. The highest BCUT2D eigenvalue weighted by atomic mass is 32.2. The molecule has 114 valence electrons. The molecule has 0 unspecified atom stereocenters. The van der Waals surface area contributed by atoms with Gasteiger partial charge in [0, 0.05) is 6.42 Å². The Morgan fingerprint density at radius 1 is 1.20 bits per heavy atom. The van der Waals surface area contributed by atoms with Crippen LogP contribution in [-0.2, 0) is 25.8 Å². The molecule has 0 aliphatic heterocycles. The quantitative estimate of drug-likeness (QED) is 0.616. The molecule has 0 amide bonds. The van der Waals surface area contributed by atoms with Gasteiger partial charge in [-0.3, -0.25) is 4.79 Å². The Labute approximate surface area is 124 Å². The van der Waals surface area contributed by atoms with E-state index < -0.39 is 10.1 Å². The molecule has 0 N–H and O–H groups in total. The molecule has 0 saturated heterocycles. The van der Waals surface area contributed by atoms with Crippen molar-refractivity contribution in [3.05, 3.63) is 29.8 Å². The van der Waals surface area contributed by atoms with E-state index in [1.807, 2.05) is 13.8 Å². The summed E-state index contributed by atoms with van der Waals surface area (Å²) in [7, 11) is -3.97. The smallest absolute Gasteiger partial charge is 0.181 e. The van der Waals surface area contributed by atoms with Crippen LogP contribution < -0.4 is 0 Å². The lowest BCUT2D eigenvalue weighted by Gasteiger charge is -2.05. The van der Waals surface area contributed by atoms with E-state index >= 15 is 0 Å². The fourth-order valence-electron chi connectivity index (χ4n) is 1.38. The van der Waals surface area contributed by atoms with Gasteiger partial charge in [-0.05, 0) is 36.4 Å². The molecule has 0 fully saturated rings. The molecule has 0 aliphatic carbocycles. The average Bonchev–Trinajstić information content (AvgIpc) is 2.28. The van der Waals surface area contributed by atoms with Gasteiger partial charge in [0.05, 0.1) is 17.4 Å². The molecular formula is C14H22O4S2. The summed E-state index contributed by atoms with van der Waals surface area (Å²) in [6.45, 7) is 3.86. The number of Topliss-reactive ketones (excluding diaryl/α,β-unsaturated/α-hetero) is 1. The van der Waals surface area contributed by atoms with Crippen molar-refractivity contribution in [2.45, 2.75) is 31.6 Å². The monoisotopic (exact) mass is 318 g/mol. The fourth-order valence-corrected chi connectivity index (χ4v) is 2.64. The van der Waals surface area contributed by atoms with E-state index in [9.17, 15) is 17.8 Å². The third-order valence-corrected chi connectivity index (χ3v) is 4.04. The van der Waals surface area contributed by atoms with Crippen molar-refractivity contribution in [2.75, 3.05) is 18.3 Å². The van der Waals surface area contributed by atoms with Crippen LogP contribution in [0.25, 0.3) is 0 Å². The van der Waals surface area contributed by atoms with Crippen LogP contribution in [0, 0.1) is 6.92 Å². The van der Waals surface area contributed by atoms with Crippen LogP contribution in [0.1, 0.15) is 25.3 Å². The van der Waals surface area contributed by atoms with Gasteiger partial charge in [-0.2, -0.15) is 0 Å². The van der Waals surface area contributed by atoms with Crippen LogP contribution in [0.15, 0.2) is 29.2 Å². The number of hydrogen-bond donors (Lipinski definition) is 0. The zero-order chi connectivity index (χ0) is 15.8. The molecule has 0 spiro atoms. The minimum Gasteiger partial charge on any atom is -0.744 e. The van der Waals surface area contributed by atoms with Gasteiger partial charge in [0.15, 0.2) is 11.5 Å². The van der Waals surface area contributed by atoms with E-state index in [4.69, 9.17) is 0 Å². The second kappa shape index (κ2) is 9.15. The van der Waals surface area contributed by atoms with Crippen LogP contribution in [-0.4, -0.2) is 37.0 Å². The molecule has 0 aliphatic rings. The second-order valence-electron chi connectivity index (χ2n) is 4.69. The van der Waals surface area contributed by atoms with E-state index in [1.165, 1.54) is 12.1 Å². The summed E-state index contributed by atoms with van der Waals surface area (Å²) in [5, 5.41) is 0. The third-order valence-electron chi connectivity index (χ3n) is 2.29. The standard InChI is InChI=1S/C7H8O3S.C7H15OS/c1-6-2-4-7(5-3-6)11(8,9)10;1-4-5-7(8)6-9(2)3/h2-5H,1H3,(H,8,9,10);4-6H2,1-3H3/q;+1/p-1. The van der Waals surface area contributed by atoms with Crippen molar-refractivity contribution < 1.29 is 17.8 Å². The summed E-state index contributed by atoms with van der Waals surface area (Å²) in [5.41, 5.74) is 0.928. The molecule has 1 aromatic carbocycles. The van der Waals surface area contributed by atoms with Gasteiger partial charge < -0.3 is 4.55 Å². The zero-order valence-electron chi connectivity index (χ0n) is 12.4. The fraction of sp³-hybridized carbons (Fsp3) is 0.500. The van der Waals surface area contributed by atoms with Crippen molar-refractivity contribution in [3.63, 3.8) is 0 Å². The van der Waals surface area contributed by atoms with Crippen LogP contribution in [0.3, 0.4) is 0 Å². The van der Waals surface area contributed by atoms with Gasteiger partial charge in [0.1, 0.15) is 10.1 Å². The van der Waals surface area contributed by atoms with Crippen LogP contribution in [0.4, 0.5) is 0 Å². The first-order valence-corrected chi connectivity index (χ1v) is 9.87. The van der Waals surface area contributed by atoms with Gasteiger partial charge in [0.2, 0.25) is 0 Å². The average molecular weight is 318 g/mol. The number of carbonyl (C=O) groups excluding carboxylic acids is 1. The maximum atomic E-state index is 10.9. The maximum absolute atomic E-state index is 10.9. The molecule has 6 heteroatoms. The lowest BCUT2D eigenvalue weighted by Crippen LogP contribution is -2.12. The highest BCUT2D eigenvalue weighted by Gasteiger charge is 2.09. The summed E-state index contributed by atoms with van der Waals surface area (Å²) in [4.78, 5) is 10.7. The summed E-state index contributed by atoms with van der Waals surface area (Å²) < 4.78 is 31.2. The van der Waals surface area contributed by atoms with Gasteiger partial charge in [-0.25, -0.2) is 8.42 Å². The van der Waals surface area contributed by atoms with E-state index in [1.54, 1.807) is 12.1 Å². The molecule has 4 nitrogen and oxygen atoms in total. The normalized spacial score (nSPS) is 10.9. The molecule has 0 aromatic heterocycles. The molecule has 0 saturated carbocycles. The van der Waals surface area contributed by atoms with E-state index in [2.05, 4.69) is 12.5 Å². The summed E-state index contributed by atoms with van der Waals surface area (Å²) in [6, 6.07) is 5.78. The first-order chi connectivity index (χ1) is 9.16. The van der Waals surface area contributed by atoms with E-state index in [-0.39, 0.29) is 4.90 Å². The van der Waals surface area contributed by atoms with Crippen molar-refractivity contribution in [2.24, 2.45) is 0 Å². The Morgan fingerprint density at radius 3 is 2.05 bits per heavy atom. The highest BCUT2D eigenvalue weighted by molar-refractivity contribution is 7.96. The van der Waals surface area contributed by atoms with E-state index in [0.717, 1.165) is 24.2 Å². The molecule has 1 rings (SSSR count). The van der Waals surface area contributed by atoms with Crippen molar-refractivity contribution >= 4 is 26.8 Å². The van der Waals surface area contributed by atoms with Gasteiger partial charge in [-0.1, -0.05) is 24.6 Å². The number of aryl methyl sites for hydroxylation is 1. The summed E-state index contributed by atoms with van der Waals surface area (Å²) >= 11 is 0. The largest absolute Gasteiger partial charge is 0.744 e. The molecule has 0 radical (unpaired) electrons. The predicted molar refractivity (Wildman–Crippen MR) is 83.1 cm³/mol. The minimum absolute atomic E-state index is 0.178. The number of carbonyl (C=O) groups is 1. The minimum atomic E-state index is -4.27. The molecule has 0 bridgehead atoms. The number of hydrogen-bond acceptors (Lipinski definition) is 4. The first-order valence-electron chi connectivity index (χ1n) is 6.25. The van der Waals surface area contributed by atoms with Gasteiger partial charge in [-0.15, -0.1) is 0 Å². The number of ketones is 1. The maximum Gasteiger partial charge on any atom is 0.181 e. The molecule has 0 heterocycles. The summed E-state index contributed by atoms with van der Waals surface area (Å²) in [6.07, 6.45) is 5.97. The molecular weight excluding hydrogens is 296 g/mol. The Balaban J connectivity index is 0.000000370. The van der Waals surface area contributed by atoms with Crippen LogP contribution in [0.2, 0.25) is 0 Å². The number of benzene rings is 1. The second-order valence-corrected chi connectivity index (χ2v) is 8.33. The molecule has 1 aromatic rings. The number of rotatable bonds is 5. The Morgan fingerprint density at radius 2 is 1.70 bits per heavy atom. The zero-order valence-corrected chi connectivity index (χ0v) is 14.0. The Kier molecular flexibility index (Phi) is 8.76. The summed E-state index contributed by atoms with van der Waals surface area (Å²) in [5.74, 6) is 1.21. The van der Waals surface area contributed by atoms with Crippen LogP contribution in [0.5, 0.6) is 0 Å². The first kappa shape index (κ1) is 19.1. The predicted octanol–water partition coefficient (Wildman–Crippen LogP) is 2.13. The van der Waals surface area contributed by atoms with Gasteiger partial charge in [0.25, 0.3) is 0 Å².